The normalized spacial score (nSPS) is 14.4. The predicted molar refractivity (Wildman–Crippen MR) is 104 cm³/mol. The molecule has 136 valence electrons. The number of halogens is 2. The van der Waals surface area contributed by atoms with Gasteiger partial charge in [-0.15, -0.1) is 0 Å². The highest BCUT2D eigenvalue weighted by atomic mass is 35.5. The van der Waals surface area contributed by atoms with Crippen molar-refractivity contribution in [2.45, 2.75) is 6.92 Å². The van der Waals surface area contributed by atoms with E-state index in [1.54, 1.807) is 40.1 Å². The van der Waals surface area contributed by atoms with Gasteiger partial charge in [-0.2, -0.15) is 0 Å². The Bertz CT molecular complexity index is 840. The quantitative estimate of drug-likeness (QED) is 0.796. The molecule has 5 nitrogen and oxygen atoms in total. The summed E-state index contributed by atoms with van der Waals surface area (Å²) in [6.45, 7) is 3.67. The lowest BCUT2D eigenvalue weighted by Crippen LogP contribution is -2.50. The Hall–Kier alpha value is -2.24. The number of nitrogens with zero attached hydrogens (tertiary/aromatic N) is 2. The molecular formula is C19H19Cl2N3O2. The van der Waals surface area contributed by atoms with E-state index in [1.165, 1.54) is 0 Å². The second-order valence-corrected chi connectivity index (χ2v) is 7.05. The third-order valence-corrected chi connectivity index (χ3v) is 5.35. The average Bonchev–Trinajstić information content (AvgIpc) is 2.65. The molecule has 0 spiro atoms. The molecule has 2 aromatic rings. The number of hydrogen-bond donors (Lipinski definition) is 1. The number of hydrogen-bond acceptors (Lipinski definition) is 3. The van der Waals surface area contributed by atoms with Gasteiger partial charge in [-0.3, -0.25) is 9.59 Å². The number of nitrogen functional groups attached to an aromatic ring is 1. The first-order valence-electron chi connectivity index (χ1n) is 8.27. The van der Waals surface area contributed by atoms with Gasteiger partial charge in [0.25, 0.3) is 11.8 Å². The first kappa shape index (κ1) is 18.5. The van der Waals surface area contributed by atoms with Gasteiger partial charge in [0.15, 0.2) is 0 Å². The van der Waals surface area contributed by atoms with E-state index in [2.05, 4.69) is 0 Å². The number of rotatable bonds is 2. The van der Waals surface area contributed by atoms with Crippen LogP contribution in [0, 0.1) is 6.92 Å². The molecule has 0 saturated carbocycles. The molecule has 0 aliphatic carbocycles. The highest BCUT2D eigenvalue weighted by Gasteiger charge is 2.27. The fraction of sp³-hybridized carbons (Fsp3) is 0.263. The lowest BCUT2D eigenvalue weighted by atomic mass is 10.1. The Morgan fingerprint density at radius 1 is 0.923 bits per heavy atom. The molecule has 2 aromatic carbocycles. The molecule has 2 N–H and O–H groups in total. The van der Waals surface area contributed by atoms with Crippen LogP contribution in [0.4, 0.5) is 5.69 Å². The molecule has 1 fully saturated rings. The summed E-state index contributed by atoms with van der Waals surface area (Å²) in [4.78, 5) is 28.9. The molecule has 0 aromatic heterocycles. The molecule has 0 unspecified atom stereocenters. The number of amides is 2. The van der Waals surface area contributed by atoms with E-state index in [0.717, 1.165) is 5.56 Å². The van der Waals surface area contributed by atoms with E-state index in [4.69, 9.17) is 28.9 Å². The SMILES string of the molecule is Cc1ccc(N)cc1C(=O)N1CCN(C(=O)c2cccc(Cl)c2Cl)CC1. The van der Waals surface area contributed by atoms with Crippen molar-refractivity contribution in [2.75, 3.05) is 31.9 Å². The van der Waals surface area contributed by atoms with Crippen LogP contribution < -0.4 is 5.73 Å². The van der Waals surface area contributed by atoms with Crippen LogP contribution in [0.15, 0.2) is 36.4 Å². The van der Waals surface area contributed by atoms with E-state index < -0.39 is 0 Å². The molecule has 1 aliphatic rings. The number of nitrogens with two attached hydrogens (primary N) is 1. The molecule has 0 bridgehead atoms. The number of anilines is 1. The summed E-state index contributed by atoms with van der Waals surface area (Å²) in [5, 5.41) is 0.608. The minimum atomic E-state index is -0.176. The molecule has 1 saturated heterocycles. The third-order valence-electron chi connectivity index (χ3n) is 4.53. The Kier molecular flexibility index (Phi) is 5.39. The maximum atomic E-state index is 12.7. The molecule has 26 heavy (non-hydrogen) atoms. The van der Waals surface area contributed by atoms with Gasteiger partial charge in [0, 0.05) is 37.4 Å². The van der Waals surface area contributed by atoms with Crippen molar-refractivity contribution in [2.24, 2.45) is 0 Å². The number of aryl methyl sites for hydroxylation is 1. The molecule has 2 amide bonds. The van der Waals surface area contributed by atoms with Crippen molar-refractivity contribution >= 4 is 40.7 Å². The van der Waals surface area contributed by atoms with Crippen LogP contribution in [0.3, 0.4) is 0 Å². The van der Waals surface area contributed by atoms with E-state index in [-0.39, 0.29) is 16.8 Å². The van der Waals surface area contributed by atoms with Crippen molar-refractivity contribution in [3.05, 3.63) is 63.1 Å². The second kappa shape index (κ2) is 7.56. The van der Waals surface area contributed by atoms with Gasteiger partial charge in [0.2, 0.25) is 0 Å². The van der Waals surface area contributed by atoms with E-state index in [9.17, 15) is 9.59 Å². The van der Waals surface area contributed by atoms with Gasteiger partial charge in [-0.25, -0.2) is 0 Å². The fourth-order valence-corrected chi connectivity index (χ4v) is 3.37. The molecule has 1 heterocycles. The first-order chi connectivity index (χ1) is 12.4. The Morgan fingerprint density at radius 2 is 1.50 bits per heavy atom. The minimum absolute atomic E-state index is 0.0670. The standard InChI is InChI=1S/C19H19Cl2N3O2/c1-12-5-6-13(22)11-15(12)19(26)24-9-7-23(8-10-24)18(25)14-3-2-4-16(20)17(14)21/h2-6,11H,7-10,22H2,1H3. The van der Waals surface area contributed by atoms with Crippen molar-refractivity contribution in [3.8, 4) is 0 Å². The summed E-state index contributed by atoms with van der Waals surface area (Å²) in [7, 11) is 0. The van der Waals surface area contributed by atoms with Crippen LogP contribution in [0.5, 0.6) is 0 Å². The van der Waals surface area contributed by atoms with Crippen LogP contribution in [0.25, 0.3) is 0 Å². The summed E-state index contributed by atoms with van der Waals surface area (Å²) in [6, 6.07) is 10.3. The lowest BCUT2D eigenvalue weighted by Gasteiger charge is -2.35. The maximum absolute atomic E-state index is 12.7. The first-order valence-corrected chi connectivity index (χ1v) is 9.02. The van der Waals surface area contributed by atoms with Crippen LogP contribution in [0.1, 0.15) is 26.3 Å². The van der Waals surface area contributed by atoms with Gasteiger partial charge in [-0.05, 0) is 36.8 Å². The van der Waals surface area contributed by atoms with Gasteiger partial charge in [0.05, 0.1) is 15.6 Å². The van der Waals surface area contributed by atoms with E-state index >= 15 is 0 Å². The van der Waals surface area contributed by atoms with Crippen molar-refractivity contribution < 1.29 is 9.59 Å². The highest BCUT2D eigenvalue weighted by molar-refractivity contribution is 6.43. The molecule has 1 aliphatic heterocycles. The summed E-state index contributed by atoms with van der Waals surface area (Å²) < 4.78 is 0. The van der Waals surface area contributed by atoms with Gasteiger partial charge >= 0.3 is 0 Å². The topological polar surface area (TPSA) is 66.6 Å². The monoisotopic (exact) mass is 391 g/mol. The van der Waals surface area contributed by atoms with Crippen molar-refractivity contribution in [1.29, 1.82) is 0 Å². The lowest BCUT2D eigenvalue weighted by molar-refractivity contribution is 0.0535. The number of benzene rings is 2. The number of piperazine rings is 1. The van der Waals surface area contributed by atoms with Crippen LogP contribution in [-0.2, 0) is 0 Å². The van der Waals surface area contributed by atoms with Crippen LogP contribution in [0.2, 0.25) is 10.0 Å². The fourth-order valence-electron chi connectivity index (χ4n) is 2.99. The Labute approximate surface area is 162 Å². The Morgan fingerprint density at radius 3 is 2.12 bits per heavy atom. The zero-order chi connectivity index (χ0) is 18.8. The van der Waals surface area contributed by atoms with E-state index in [1.807, 2.05) is 13.0 Å². The van der Waals surface area contributed by atoms with Gasteiger partial charge < -0.3 is 15.5 Å². The molecule has 7 heteroatoms. The van der Waals surface area contributed by atoms with Gasteiger partial charge in [-0.1, -0.05) is 35.3 Å². The average molecular weight is 392 g/mol. The van der Waals surface area contributed by atoms with Crippen molar-refractivity contribution in [3.63, 3.8) is 0 Å². The van der Waals surface area contributed by atoms with Crippen LogP contribution >= 0.6 is 23.2 Å². The zero-order valence-electron chi connectivity index (χ0n) is 14.3. The number of carbonyl (C=O) groups excluding carboxylic acids is 2. The second-order valence-electron chi connectivity index (χ2n) is 6.26. The largest absolute Gasteiger partial charge is 0.399 e. The molecule has 0 radical (unpaired) electrons. The summed E-state index contributed by atoms with van der Waals surface area (Å²) in [5.41, 5.74) is 8.22. The van der Waals surface area contributed by atoms with Gasteiger partial charge in [0.1, 0.15) is 0 Å². The summed E-state index contributed by atoms with van der Waals surface area (Å²) in [6.07, 6.45) is 0. The summed E-state index contributed by atoms with van der Waals surface area (Å²) in [5.74, 6) is -0.243. The maximum Gasteiger partial charge on any atom is 0.255 e. The van der Waals surface area contributed by atoms with E-state index in [0.29, 0.717) is 48.0 Å². The Balaban J connectivity index is 1.69. The number of carbonyl (C=O) groups is 2. The zero-order valence-corrected chi connectivity index (χ0v) is 15.8. The summed E-state index contributed by atoms with van der Waals surface area (Å²) >= 11 is 12.1. The minimum Gasteiger partial charge on any atom is -0.399 e. The molecule has 0 atom stereocenters. The smallest absolute Gasteiger partial charge is 0.255 e. The molecular weight excluding hydrogens is 373 g/mol. The predicted octanol–water partition coefficient (Wildman–Crippen LogP) is 3.48. The highest BCUT2D eigenvalue weighted by Crippen LogP contribution is 2.27. The molecule has 3 rings (SSSR count). The van der Waals surface area contributed by atoms with Crippen LogP contribution in [-0.4, -0.2) is 47.8 Å². The third kappa shape index (κ3) is 3.64. The van der Waals surface area contributed by atoms with Crippen molar-refractivity contribution in [1.82, 2.24) is 9.80 Å².